The van der Waals surface area contributed by atoms with Crippen molar-refractivity contribution in [1.29, 1.82) is 0 Å². The zero-order valence-electron chi connectivity index (χ0n) is 17.0. The van der Waals surface area contributed by atoms with Gasteiger partial charge in [-0.05, 0) is 69.6 Å². The van der Waals surface area contributed by atoms with Crippen molar-refractivity contribution in [3.8, 4) is 5.75 Å². The van der Waals surface area contributed by atoms with Crippen LogP contribution in [0.3, 0.4) is 0 Å². The Labute approximate surface area is 177 Å². The van der Waals surface area contributed by atoms with E-state index < -0.39 is 0 Å². The SMILES string of the molecule is CC(C)Oc1ccc(CNC(=O)C2CCN(Cc3c(F)cccc3Cl)CC2)cc1. The minimum atomic E-state index is -0.276. The van der Waals surface area contributed by atoms with E-state index in [0.29, 0.717) is 23.7 Å². The number of amides is 1. The lowest BCUT2D eigenvalue weighted by Crippen LogP contribution is -2.40. The molecule has 4 nitrogen and oxygen atoms in total. The van der Waals surface area contributed by atoms with E-state index in [-0.39, 0.29) is 23.7 Å². The summed E-state index contributed by atoms with van der Waals surface area (Å²) >= 11 is 6.12. The van der Waals surface area contributed by atoms with Crippen LogP contribution in [0.4, 0.5) is 4.39 Å². The molecular formula is C23H28ClFN2O2. The predicted octanol–water partition coefficient (Wildman–Crippen LogP) is 4.79. The number of likely N-dealkylation sites (tertiary alicyclic amines) is 1. The van der Waals surface area contributed by atoms with Gasteiger partial charge in [-0.3, -0.25) is 9.69 Å². The van der Waals surface area contributed by atoms with Gasteiger partial charge in [-0.2, -0.15) is 0 Å². The number of nitrogens with zero attached hydrogens (tertiary/aromatic N) is 1. The normalized spacial score (nSPS) is 15.5. The Morgan fingerprint density at radius 1 is 1.21 bits per heavy atom. The number of piperidine rings is 1. The lowest BCUT2D eigenvalue weighted by atomic mass is 9.95. The van der Waals surface area contributed by atoms with Crippen molar-refractivity contribution < 1.29 is 13.9 Å². The number of carbonyl (C=O) groups excluding carboxylic acids is 1. The molecule has 0 aromatic heterocycles. The summed E-state index contributed by atoms with van der Waals surface area (Å²) in [5, 5.41) is 3.49. The van der Waals surface area contributed by atoms with Crippen LogP contribution in [0.1, 0.15) is 37.8 Å². The number of halogens is 2. The molecule has 1 N–H and O–H groups in total. The second-order valence-electron chi connectivity index (χ2n) is 7.78. The highest BCUT2D eigenvalue weighted by Crippen LogP contribution is 2.24. The van der Waals surface area contributed by atoms with Crippen LogP contribution >= 0.6 is 11.6 Å². The van der Waals surface area contributed by atoms with E-state index in [2.05, 4.69) is 10.2 Å². The molecule has 0 unspecified atom stereocenters. The van der Waals surface area contributed by atoms with Crippen LogP contribution in [0.2, 0.25) is 5.02 Å². The lowest BCUT2D eigenvalue weighted by molar-refractivity contribution is -0.126. The summed E-state index contributed by atoms with van der Waals surface area (Å²) in [6, 6.07) is 12.5. The Morgan fingerprint density at radius 2 is 1.90 bits per heavy atom. The second kappa shape index (κ2) is 10.1. The first-order valence-electron chi connectivity index (χ1n) is 10.1. The summed E-state index contributed by atoms with van der Waals surface area (Å²) in [6.07, 6.45) is 1.67. The second-order valence-corrected chi connectivity index (χ2v) is 8.19. The van der Waals surface area contributed by atoms with Crippen LogP contribution in [0.15, 0.2) is 42.5 Å². The first-order valence-corrected chi connectivity index (χ1v) is 10.5. The highest BCUT2D eigenvalue weighted by Gasteiger charge is 2.25. The molecule has 0 saturated carbocycles. The van der Waals surface area contributed by atoms with Crippen molar-refractivity contribution >= 4 is 17.5 Å². The fraction of sp³-hybridized carbons (Fsp3) is 0.435. The molecule has 2 aromatic rings. The highest BCUT2D eigenvalue weighted by molar-refractivity contribution is 6.31. The molecular weight excluding hydrogens is 391 g/mol. The first-order chi connectivity index (χ1) is 13.9. The molecule has 1 heterocycles. The summed E-state index contributed by atoms with van der Waals surface area (Å²) in [5.74, 6) is 0.626. The third-order valence-corrected chi connectivity index (χ3v) is 5.52. The number of carbonyl (C=O) groups is 1. The lowest BCUT2D eigenvalue weighted by Gasteiger charge is -2.31. The number of hydrogen-bond donors (Lipinski definition) is 1. The van der Waals surface area contributed by atoms with E-state index in [0.717, 1.165) is 37.2 Å². The monoisotopic (exact) mass is 418 g/mol. The van der Waals surface area contributed by atoms with E-state index >= 15 is 0 Å². The van der Waals surface area contributed by atoms with Crippen molar-refractivity contribution in [3.63, 3.8) is 0 Å². The third-order valence-electron chi connectivity index (χ3n) is 5.16. The molecule has 6 heteroatoms. The topological polar surface area (TPSA) is 41.6 Å². The number of ether oxygens (including phenoxy) is 1. The largest absolute Gasteiger partial charge is 0.491 e. The molecule has 0 bridgehead atoms. The van der Waals surface area contributed by atoms with Gasteiger partial charge in [0.2, 0.25) is 5.91 Å². The van der Waals surface area contributed by atoms with Gasteiger partial charge in [0.05, 0.1) is 6.10 Å². The molecule has 1 amide bonds. The zero-order valence-corrected chi connectivity index (χ0v) is 17.7. The minimum Gasteiger partial charge on any atom is -0.491 e. The third kappa shape index (κ3) is 6.18. The summed E-state index contributed by atoms with van der Waals surface area (Å²) in [4.78, 5) is 14.7. The first kappa shape index (κ1) is 21.6. The van der Waals surface area contributed by atoms with E-state index in [1.54, 1.807) is 12.1 Å². The molecule has 156 valence electrons. The molecule has 0 atom stereocenters. The van der Waals surface area contributed by atoms with Gasteiger partial charge in [-0.1, -0.05) is 29.8 Å². The van der Waals surface area contributed by atoms with Gasteiger partial charge in [-0.25, -0.2) is 4.39 Å². The quantitative estimate of drug-likeness (QED) is 0.702. The van der Waals surface area contributed by atoms with Crippen molar-refractivity contribution in [2.24, 2.45) is 5.92 Å². The number of hydrogen-bond acceptors (Lipinski definition) is 3. The average Bonchev–Trinajstić information content (AvgIpc) is 2.70. The predicted molar refractivity (Wildman–Crippen MR) is 113 cm³/mol. The Balaban J connectivity index is 1.44. The minimum absolute atomic E-state index is 0.00844. The molecule has 0 radical (unpaired) electrons. The Hall–Kier alpha value is -2.11. The fourth-order valence-electron chi connectivity index (χ4n) is 3.55. The van der Waals surface area contributed by atoms with E-state index in [1.807, 2.05) is 38.1 Å². The van der Waals surface area contributed by atoms with E-state index in [4.69, 9.17) is 16.3 Å². The molecule has 3 rings (SSSR count). The van der Waals surface area contributed by atoms with Gasteiger partial charge < -0.3 is 10.1 Å². The molecule has 1 aliphatic heterocycles. The smallest absolute Gasteiger partial charge is 0.223 e. The van der Waals surface area contributed by atoms with Crippen LogP contribution < -0.4 is 10.1 Å². The molecule has 1 fully saturated rings. The van der Waals surface area contributed by atoms with Crippen molar-refractivity contribution in [3.05, 3.63) is 64.4 Å². The van der Waals surface area contributed by atoms with Crippen LogP contribution in [-0.4, -0.2) is 30.0 Å². The van der Waals surface area contributed by atoms with Gasteiger partial charge >= 0.3 is 0 Å². The summed E-state index contributed by atoms with van der Waals surface area (Å²) in [6.45, 7) is 6.47. The van der Waals surface area contributed by atoms with Crippen LogP contribution in [0.5, 0.6) is 5.75 Å². The zero-order chi connectivity index (χ0) is 20.8. The van der Waals surface area contributed by atoms with Crippen molar-refractivity contribution in [1.82, 2.24) is 10.2 Å². The maximum Gasteiger partial charge on any atom is 0.223 e. The van der Waals surface area contributed by atoms with Crippen LogP contribution in [-0.2, 0) is 17.9 Å². The van der Waals surface area contributed by atoms with Crippen molar-refractivity contribution in [2.75, 3.05) is 13.1 Å². The van der Waals surface area contributed by atoms with Crippen LogP contribution in [0, 0.1) is 11.7 Å². The van der Waals surface area contributed by atoms with Gasteiger partial charge in [0.15, 0.2) is 0 Å². The Morgan fingerprint density at radius 3 is 2.52 bits per heavy atom. The Kier molecular flexibility index (Phi) is 7.51. The summed E-state index contributed by atoms with van der Waals surface area (Å²) in [7, 11) is 0. The Bertz CT molecular complexity index is 798. The fourth-order valence-corrected chi connectivity index (χ4v) is 3.77. The highest BCUT2D eigenvalue weighted by atomic mass is 35.5. The maximum atomic E-state index is 14.0. The van der Waals surface area contributed by atoms with Crippen molar-refractivity contribution in [2.45, 2.75) is 45.9 Å². The van der Waals surface area contributed by atoms with Gasteiger partial charge in [-0.15, -0.1) is 0 Å². The average molecular weight is 419 g/mol. The van der Waals surface area contributed by atoms with Crippen LogP contribution in [0.25, 0.3) is 0 Å². The summed E-state index contributed by atoms with van der Waals surface area (Å²) < 4.78 is 19.6. The van der Waals surface area contributed by atoms with Gasteiger partial charge in [0.25, 0.3) is 0 Å². The van der Waals surface area contributed by atoms with E-state index in [1.165, 1.54) is 6.07 Å². The maximum absolute atomic E-state index is 14.0. The molecule has 1 saturated heterocycles. The van der Waals surface area contributed by atoms with Gasteiger partial charge in [0.1, 0.15) is 11.6 Å². The molecule has 0 aliphatic carbocycles. The number of rotatable bonds is 7. The van der Waals surface area contributed by atoms with E-state index in [9.17, 15) is 9.18 Å². The number of benzene rings is 2. The summed E-state index contributed by atoms with van der Waals surface area (Å²) in [5.41, 5.74) is 1.57. The molecule has 1 aliphatic rings. The standard InChI is InChI=1S/C23H28ClFN2O2/c1-16(2)29-19-8-6-17(7-9-19)14-26-23(28)18-10-12-27(13-11-18)15-20-21(24)4-3-5-22(20)25/h3-9,16,18H,10-15H2,1-2H3,(H,26,28). The molecule has 29 heavy (non-hydrogen) atoms. The van der Waals surface area contributed by atoms with Gasteiger partial charge in [0, 0.05) is 29.6 Å². The molecule has 2 aromatic carbocycles. The number of nitrogens with one attached hydrogen (secondary N) is 1. The molecule has 0 spiro atoms.